The molecule has 0 atom stereocenters. The highest BCUT2D eigenvalue weighted by Crippen LogP contribution is 2.43. The molecule has 452 valence electrons. The maximum atomic E-state index is 13.6. The number of rotatable bonds is 33. The zero-order valence-corrected chi connectivity index (χ0v) is 50.8. The van der Waals surface area contributed by atoms with Gasteiger partial charge in [-0.2, -0.15) is 0 Å². The highest BCUT2D eigenvalue weighted by molar-refractivity contribution is 7.89. The van der Waals surface area contributed by atoms with E-state index in [1.165, 1.54) is 12.1 Å². The summed E-state index contributed by atoms with van der Waals surface area (Å²) in [7, 11) is -7.93. The van der Waals surface area contributed by atoms with Gasteiger partial charge in [0.1, 0.15) is 40.3 Å². The van der Waals surface area contributed by atoms with E-state index >= 15 is 0 Å². The summed E-state index contributed by atoms with van der Waals surface area (Å²) in [6, 6.07) is 26.9. The summed E-state index contributed by atoms with van der Waals surface area (Å²) < 4.78 is 106. The van der Waals surface area contributed by atoms with Gasteiger partial charge in [0.05, 0.1) is 87.8 Å². The number of carbonyl (C=O) groups is 3. The molecule has 0 radical (unpaired) electrons. The first kappa shape index (κ1) is 64.8. The van der Waals surface area contributed by atoms with Crippen LogP contribution in [0.4, 0.5) is 5.69 Å². The summed E-state index contributed by atoms with van der Waals surface area (Å²) >= 11 is 6.05. The number of carbonyl (C=O) groups excluding carboxylic acids is 3. The first-order chi connectivity index (χ1) is 40.4. The first-order valence-corrected chi connectivity index (χ1v) is 31.5. The van der Waals surface area contributed by atoms with E-state index in [1.54, 1.807) is 42.0 Å². The maximum Gasteiger partial charge on any atom is 0.262 e. The molecule has 2 amide bonds. The summed E-state index contributed by atoms with van der Waals surface area (Å²) in [5.74, 6) is 0.501. The fourth-order valence-corrected chi connectivity index (χ4v) is 11.8. The van der Waals surface area contributed by atoms with Gasteiger partial charge in [-0.15, -0.1) is 0 Å². The van der Waals surface area contributed by atoms with Crippen LogP contribution in [0.5, 0.6) is 5.75 Å². The van der Waals surface area contributed by atoms with Gasteiger partial charge in [-0.3, -0.25) is 19.0 Å². The first-order valence-electron chi connectivity index (χ1n) is 28.2. The van der Waals surface area contributed by atoms with E-state index < -0.39 is 29.9 Å². The van der Waals surface area contributed by atoms with E-state index in [1.807, 2.05) is 83.1 Å². The molecule has 0 fully saturated rings. The molecule has 4 aromatic carbocycles. The number of halogens is 1. The van der Waals surface area contributed by atoms with Crippen molar-refractivity contribution in [1.29, 1.82) is 0 Å². The Hall–Kier alpha value is -6.73. The van der Waals surface area contributed by atoms with Crippen molar-refractivity contribution in [3.8, 4) is 28.2 Å². The topological polar surface area (TPSA) is 249 Å². The lowest BCUT2D eigenvalue weighted by atomic mass is 9.93. The maximum absolute atomic E-state index is 13.6. The number of nitrogens with zero attached hydrogens (tertiary/aromatic N) is 3. The van der Waals surface area contributed by atoms with Crippen LogP contribution in [0.15, 0.2) is 111 Å². The highest BCUT2D eigenvalue weighted by atomic mass is 35.5. The number of sulfonamides is 1. The largest absolute Gasteiger partial charge is 0.744 e. The Morgan fingerprint density at radius 3 is 1.95 bits per heavy atom. The van der Waals surface area contributed by atoms with Crippen molar-refractivity contribution in [2.45, 2.75) is 70.1 Å². The standard InChI is InChI=1S/C61H75ClN6O14S2/c1-7-66(8-2)45-17-21-49-55(37-45)82-56-38-46(67(9-3)10-4)18-22-50(56)60(49)51-23-20-48(40-57(51)84(74,75)76)83(72,73)65-28-30-79-32-34-81-36-35-80-33-31-78-29-25-58(69)63-26-11-12-27-64-59(70)41-52-42(5)68(54-24-19-47(77-6)39-53(52)54)61(71)43-13-15-44(62)16-14-43/h13-24,37-40,65H,7-12,25-36,41H2,1-6H3,(H2-,63,64,69,70,74,75,76). The molecular formula is C61H75ClN6O14S2. The van der Waals surface area contributed by atoms with Gasteiger partial charge in [0.2, 0.25) is 27.2 Å². The minimum atomic E-state index is -5.21. The second-order valence-corrected chi connectivity index (χ2v) is 23.1. The van der Waals surface area contributed by atoms with Gasteiger partial charge in [0.25, 0.3) is 5.91 Å². The average molecular weight is 1220 g/mol. The van der Waals surface area contributed by atoms with Crippen LogP contribution in [-0.4, -0.2) is 149 Å². The highest BCUT2D eigenvalue weighted by Gasteiger charge is 2.26. The Labute approximate surface area is 496 Å². The summed E-state index contributed by atoms with van der Waals surface area (Å²) in [4.78, 5) is 40.1. The van der Waals surface area contributed by atoms with E-state index in [9.17, 15) is 35.8 Å². The lowest BCUT2D eigenvalue weighted by Crippen LogP contribution is -2.29. The van der Waals surface area contributed by atoms with Gasteiger partial charge >= 0.3 is 0 Å². The minimum absolute atomic E-state index is 0.0127. The Kier molecular flexibility index (Phi) is 23.8. The van der Waals surface area contributed by atoms with Crippen LogP contribution in [0.1, 0.15) is 68.6 Å². The third-order valence-electron chi connectivity index (χ3n) is 14.3. The molecule has 1 aliphatic heterocycles. The molecular weight excluding hydrogens is 1140 g/mol. The zero-order chi connectivity index (χ0) is 60.4. The lowest BCUT2D eigenvalue weighted by Gasteiger charge is -2.23. The van der Waals surface area contributed by atoms with Gasteiger partial charge in [-0.25, -0.2) is 26.1 Å². The predicted molar refractivity (Wildman–Crippen MR) is 323 cm³/mol. The fourth-order valence-electron chi connectivity index (χ4n) is 9.88. The number of fused-ring (bicyclic) bond motifs is 3. The quantitative estimate of drug-likeness (QED) is 0.0157. The Balaban J connectivity index is 0.759. The van der Waals surface area contributed by atoms with E-state index in [4.69, 9.17) is 39.7 Å². The number of methoxy groups -OCH3 is 1. The molecule has 84 heavy (non-hydrogen) atoms. The van der Waals surface area contributed by atoms with Gasteiger partial charge in [0, 0.05) is 101 Å². The van der Waals surface area contributed by atoms with Crippen molar-refractivity contribution >= 4 is 77.0 Å². The van der Waals surface area contributed by atoms with Gasteiger partial charge < -0.3 is 48.2 Å². The molecule has 2 heterocycles. The summed E-state index contributed by atoms with van der Waals surface area (Å²) in [5.41, 5.74) is 4.92. The number of benzene rings is 5. The minimum Gasteiger partial charge on any atom is -0.744 e. The second kappa shape index (κ2) is 30.9. The third-order valence-corrected chi connectivity index (χ3v) is 16.9. The molecule has 1 aliphatic carbocycles. The van der Waals surface area contributed by atoms with Crippen LogP contribution in [0.3, 0.4) is 0 Å². The molecule has 7 rings (SSSR count). The van der Waals surface area contributed by atoms with Crippen LogP contribution in [0.2, 0.25) is 5.02 Å². The number of nitrogens with one attached hydrogen (secondary N) is 3. The van der Waals surface area contributed by atoms with E-state index in [2.05, 4.69) is 24.8 Å². The van der Waals surface area contributed by atoms with Crippen molar-refractivity contribution in [3.05, 3.63) is 124 Å². The van der Waals surface area contributed by atoms with Crippen molar-refractivity contribution in [2.24, 2.45) is 0 Å². The molecule has 3 N–H and O–H groups in total. The SMILES string of the molecule is CCN(CC)c1ccc2c(-c3ccc(S(=O)(=O)NCCOCCOCCOCCOCCC(=O)NCCCCNC(=O)Cc4c(C)n(C(=O)c5ccc(Cl)cc5)c5ccc(OC)cc45)cc3S(=O)(=O)[O-])c3ccc(=[N+](CC)CC)cc-3oc2c1. The van der Waals surface area contributed by atoms with Crippen molar-refractivity contribution in [3.63, 3.8) is 0 Å². The molecule has 0 saturated carbocycles. The number of hydrogen-bond donors (Lipinski definition) is 3. The molecule has 23 heteroatoms. The van der Waals surface area contributed by atoms with Crippen molar-refractivity contribution < 1.29 is 63.9 Å². The number of anilines is 1. The van der Waals surface area contributed by atoms with Gasteiger partial charge in [-0.05, 0) is 126 Å². The number of ether oxygens (including phenoxy) is 5. The molecule has 0 saturated heterocycles. The van der Waals surface area contributed by atoms with Crippen molar-refractivity contribution in [2.75, 3.05) is 111 Å². The smallest absolute Gasteiger partial charge is 0.262 e. The normalized spacial score (nSPS) is 11.9. The Morgan fingerprint density at radius 2 is 1.32 bits per heavy atom. The summed E-state index contributed by atoms with van der Waals surface area (Å²) in [5, 5.41) is 8.54. The molecule has 0 unspecified atom stereocenters. The van der Waals surface area contributed by atoms with Crippen LogP contribution in [0, 0.1) is 6.92 Å². The lowest BCUT2D eigenvalue weighted by molar-refractivity contribution is -0.122. The van der Waals surface area contributed by atoms with Crippen molar-refractivity contribution in [1.82, 2.24) is 24.5 Å². The average Bonchev–Trinajstić information content (AvgIpc) is 1.14. The molecule has 20 nitrogen and oxygen atoms in total. The van der Waals surface area contributed by atoms with Gasteiger partial charge in [0.15, 0.2) is 0 Å². The molecule has 5 aromatic rings. The molecule has 0 bridgehead atoms. The summed E-state index contributed by atoms with van der Waals surface area (Å²) in [6.07, 6.45) is 1.55. The predicted octanol–water partition coefficient (Wildman–Crippen LogP) is 7.37. The van der Waals surface area contributed by atoms with E-state index in [-0.39, 0.29) is 88.9 Å². The van der Waals surface area contributed by atoms with E-state index in [0.29, 0.717) is 87.9 Å². The third kappa shape index (κ3) is 16.8. The molecule has 1 aromatic heterocycles. The number of amides is 2. The van der Waals surface area contributed by atoms with Crippen LogP contribution in [-0.2, 0) is 55.1 Å². The summed E-state index contributed by atoms with van der Waals surface area (Å²) in [6.45, 7) is 15.4. The van der Waals surface area contributed by atoms with Crippen LogP contribution in [0.25, 0.3) is 44.3 Å². The van der Waals surface area contributed by atoms with Crippen LogP contribution < -0.4 is 34.9 Å². The second-order valence-electron chi connectivity index (χ2n) is 19.6. The number of unbranched alkanes of at least 4 members (excludes halogenated alkanes) is 1. The molecule has 2 aliphatic rings. The molecule has 0 spiro atoms. The van der Waals surface area contributed by atoms with Gasteiger partial charge in [-0.1, -0.05) is 17.7 Å². The Morgan fingerprint density at radius 1 is 0.690 bits per heavy atom. The Bertz CT molecular complexity index is 3670. The van der Waals surface area contributed by atoms with E-state index in [0.717, 1.165) is 54.2 Å². The van der Waals surface area contributed by atoms with Crippen LogP contribution >= 0.6 is 11.6 Å². The number of aromatic nitrogens is 1. The number of hydrogen-bond acceptors (Lipinski definition) is 15. The fraction of sp³-hybridized carbons (Fsp3) is 0.410. The monoisotopic (exact) mass is 1210 g/mol. The zero-order valence-electron chi connectivity index (χ0n) is 48.4.